The summed E-state index contributed by atoms with van der Waals surface area (Å²) in [5.74, 6) is -1.34. The molecule has 32 heavy (non-hydrogen) atoms. The first-order valence-electron chi connectivity index (χ1n) is 10.1. The van der Waals surface area contributed by atoms with Gasteiger partial charge in [0.05, 0.1) is 18.7 Å². The maximum atomic E-state index is 13.5. The standard InChI is InChI=1S/C24H23NO7/c1-30-12-4-11-25-20(14-7-9-16(26)10-8-14)19(22(28)24(25)29)21(27)18-13-15-5-3-6-17(31-2)23(15)32-18/h3,5-10,13,20,26,28H,4,11-12H2,1-2H3. The van der Waals surface area contributed by atoms with E-state index in [1.807, 2.05) is 0 Å². The van der Waals surface area contributed by atoms with Crippen LogP contribution >= 0.6 is 0 Å². The van der Waals surface area contributed by atoms with Gasteiger partial charge in [-0.05, 0) is 36.2 Å². The van der Waals surface area contributed by atoms with Crippen LogP contribution in [0.1, 0.15) is 28.6 Å². The summed E-state index contributed by atoms with van der Waals surface area (Å²) in [5, 5.41) is 21.0. The van der Waals surface area contributed by atoms with Crippen LogP contribution in [0.15, 0.2) is 64.3 Å². The van der Waals surface area contributed by atoms with Crippen molar-refractivity contribution in [3.63, 3.8) is 0 Å². The zero-order chi connectivity index (χ0) is 22.8. The summed E-state index contributed by atoms with van der Waals surface area (Å²) in [6.45, 7) is 0.687. The molecule has 0 aliphatic carbocycles. The van der Waals surface area contributed by atoms with E-state index >= 15 is 0 Å². The third-order valence-corrected chi connectivity index (χ3v) is 5.46. The number of ether oxygens (including phenoxy) is 2. The number of methoxy groups -OCH3 is 2. The van der Waals surface area contributed by atoms with Crippen LogP contribution in [-0.2, 0) is 9.53 Å². The topological polar surface area (TPSA) is 109 Å². The number of carbonyl (C=O) groups excluding carboxylic acids is 2. The van der Waals surface area contributed by atoms with E-state index in [1.165, 1.54) is 24.1 Å². The number of phenolic OH excluding ortho intramolecular Hbond substituents is 1. The lowest BCUT2D eigenvalue weighted by Gasteiger charge is -2.26. The molecular weight excluding hydrogens is 414 g/mol. The lowest BCUT2D eigenvalue weighted by Crippen LogP contribution is -2.32. The van der Waals surface area contributed by atoms with Crippen molar-refractivity contribution in [1.82, 2.24) is 4.90 Å². The molecule has 1 aromatic heterocycles. The molecule has 0 radical (unpaired) electrons. The number of hydrogen-bond acceptors (Lipinski definition) is 7. The van der Waals surface area contributed by atoms with E-state index < -0.39 is 23.5 Å². The highest BCUT2D eigenvalue weighted by molar-refractivity contribution is 6.16. The minimum atomic E-state index is -0.831. The fourth-order valence-electron chi connectivity index (χ4n) is 3.94. The Balaban J connectivity index is 1.78. The van der Waals surface area contributed by atoms with Crippen molar-refractivity contribution in [3.8, 4) is 11.5 Å². The van der Waals surface area contributed by atoms with Crippen LogP contribution in [-0.4, -0.2) is 54.2 Å². The fraction of sp³-hybridized carbons (Fsp3) is 0.250. The van der Waals surface area contributed by atoms with Gasteiger partial charge in [0, 0.05) is 25.6 Å². The highest BCUT2D eigenvalue weighted by atomic mass is 16.5. The minimum Gasteiger partial charge on any atom is -0.508 e. The smallest absolute Gasteiger partial charge is 0.290 e. The molecule has 0 spiro atoms. The second-order valence-corrected chi connectivity index (χ2v) is 7.42. The van der Waals surface area contributed by atoms with Gasteiger partial charge in [0.2, 0.25) is 5.78 Å². The number of carbonyl (C=O) groups is 2. The number of Topliss-reactive ketones (excluding diaryl/α,β-unsaturated/α-hetero) is 1. The van der Waals surface area contributed by atoms with Gasteiger partial charge in [0.25, 0.3) is 5.91 Å². The molecule has 0 fully saturated rings. The molecular formula is C24H23NO7. The van der Waals surface area contributed by atoms with Gasteiger partial charge < -0.3 is 29.0 Å². The molecule has 8 heteroatoms. The molecule has 1 atom stereocenters. The number of phenols is 1. The molecule has 2 heterocycles. The molecule has 1 aliphatic rings. The Kier molecular flexibility index (Phi) is 5.87. The predicted octanol–water partition coefficient (Wildman–Crippen LogP) is 3.76. The second kappa shape index (κ2) is 8.76. The summed E-state index contributed by atoms with van der Waals surface area (Å²) in [4.78, 5) is 27.8. The third kappa shape index (κ3) is 3.69. The number of rotatable bonds is 8. The predicted molar refractivity (Wildman–Crippen MR) is 116 cm³/mol. The Hall–Kier alpha value is -3.78. The van der Waals surface area contributed by atoms with E-state index in [1.54, 1.807) is 43.5 Å². The van der Waals surface area contributed by atoms with E-state index in [4.69, 9.17) is 13.9 Å². The average Bonchev–Trinajstić information content (AvgIpc) is 3.34. The van der Waals surface area contributed by atoms with E-state index in [-0.39, 0.29) is 23.6 Å². The van der Waals surface area contributed by atoms with Crippen molar-refractivity contribution in [2.75, 3.05) is 27.4 Å². The van der Waals surface area contributed by atoms with Crippen molar-refractivity contribution >= 4 is 22.7 Å². The van der Waals surface area contributed by atoms with Crippen molar-refractivity contribution in [3.05, 3.63) is 71.2 Å². The summed E-state index contributed by atoms with van der Waals surface area (Å²) < 4.78 is 16.1. The van der Waals surface area contributed by atoms with Gasteiger partial charge >= 0.3 is 0 Å². The summed E-state index contributed by atoms with van der Waals surface area (Å²) in [6, 6.07) is 12.2. The Morgan fingerprint density at radius 2 is 1.88 bits per heavy atom. The first-order chi connectivity index (χ1) is 15.5. The van der Waals surface area contributed by atoms with Gasteiger partial charge in [-0.25, -0.2) is 0 Å². The van der Waals surface area contributed by atoms with Crippen LogP contribution in [0.4, 0.5) is 0 Å². The molecule has 1 unspecified atom stereocenters. The van der Waals surface area contributed by atoms with Gasteiger partial charge in [-0.15, -0.1) is 0 Å². The summed E-state index contributed by atoms with van der Waals surface area (Å²) in [5.41, 5.74) is 0.909. The maximum Gasteiger partial charge on any atom is 0.290 e. The molecule has 1 amide bonds. The number of aromatic hydroxyl groups is 1. The molecule has 166 valence electrons. The van der Waals surface area contributed by atoms with Crippen molar-refractivity contribution in [2.24, 2.45) is 0 Å². The lowest BCUT2D eigenvalue weighted by atomic mass is 9.95. The molecule has 4 rings (SSSR count). The Bertz CT molecular complexity index is 1190. The first-order valence-corrected chi connectivity index (χ1v) is 10.1. The zero-order valence-electron chi connectivity index (χ0n) is 17.7. The zero-order valence-corrected chi connectivity index (χ0v) is 17.7. The van der Waals surface area contributed by atoms with E-state index in [0.717, 1.165) is 0 Å². The number of furan rings is 1. The molecule has 2 N–H and O–H groups in total. The van der Waals surface area contributed by atoms with Crippen molar-refractivity contribution in [2.45, 2.75) is 12.5 Å². The number of amides is 1. The number of hydrogen-bond donors (Lipinski definition) is 2. The minimum absolute atomic E-state index is 0.0126. The highest BCUT2D eigenvalue weighted by Gasteiger charge is 2.44. The highest BCUT2D eigenvalue weighted by Crippen LogP contribution is 2.40. The summed E-state index contributed by atoms with van der Waals surface area (Å²) in [7, 11) is 3.06. The molecule has 1 aliphatic heterocycles. The summed E-state index contributed by atoms with van der Waals surface area (Å²) >= 11 is 0. The van der Waals surface area contributed by atoms with E-state index in [9.17, 15) is 19.8 Å². The van der Waals surface area contributed by atoms with E-state index in [0.29, 0.717) is 35.3 Å². The van der Waals surface area contributed by atoms with Gasteiger partial charge in [0.15, 0.2) is 22.9 Å². The Labute approximate surface area is 184 Å². The SMILES string of the molecule is COCCCN1C(=O)C(O)=C(C(=O)c2cc3cccc(OC)c3o2)C1c1ccc(O)cc1. The quantitative estimate of drug-likeness (QED) is 0.408. The third-order valence-electron chi connectivity index (χ3n) is 5.46. The molecule has 3 aromatic rings. The van der Waals surface area contributed by atoms with Crippen molar-refractivity contribution < 1.29 is 33.7 Å². The molecule has 0 saturated carbocycles. The second-order valence-electron chi connectivity index (χ2n) is 7.42. The molecule has 0 saturated heterocycles. The number of aliphatic hydroxyl groups excluding tert-OH is 1. The van der Waals surface area contributed by atoms with Crippen LogP contribution in [0.3, 0.4) is 0 Å². The maximum absolute atomic E-state index is 13.5. The number of ketones is 1. The van der Waals surface area contributed by atoms with Crippen LogP contribution in [0.2, 0.25) is 0 Å². The molecule has 8 nitrogen and oxygen atoms in total. The van der Waals surface area contributed by atoms with Gasteiger partial charge in [-0.1, -0.05) is 24.3 Å². The normalized spacial score (nSPS) is 16.2. The lowest BCUT2D eigenvalue weighted by molar-refractivity contribution is -0.129. The number of aliphatic hydroxyl groups is 1. The Morgan fingerprint density at radius 1 is 1.12 bits per heavy atom. The Morgan fingerprint density at radius 3 is 2.56 bits per heavy atom. The van der Waals surface area contributed by atoms with Crippen LogP contribution in [0.5, 0.6) is 11.5 Å². The van der Waals surface area contributed by atoms with Crippen LogP contribution in [0.25, 0.3) is 11.0 Å². The number of fused-ring (bicyclic) bond motifs is 1. The van der Waals surface area contributed by atoms with Gasteiger partial charge in [-0.2, -0.15) is 0 Å². The fourth-order valence-corrected chi connectivity index (χ4v) is 3.94. The number of para-hydroxylation sites is 1. The number of benzene rings is 2. The largest absolute Gasteiger partial charge is 0.508 e. The first kappa shape index (κ1) is 21.5. The molecule has 2 aromatic carbocycles. The van der Waals surface area contributed by atoms with Gasteiger partial charge in [0.1, 0.15) is 5.75 Å². The van der Waals surface area contributed by atoms with E-state index in [2.05, 4.69) is 0 Å². The monoisotopic (exact) mass is 437 g/mol. The average molecular weight is 437 g/mol. The number of nitrogens with zero attached hydrogens (tertiary/aromatic N) is 1. The van der Waals surface area contributed by atoms with Crippen LogP contribution < -0.4 is 4.74 Å². The van der Waals surface area contributed by atoms with Crippen molar-refractivity contribution in [1.29, 1.82) is 0 Å². The molecule has 0 bridgehead atoms. The summed E-state index contributed by atoms with van der Waals surface area (Å²) in [6.07, 6.45) is 0.521. The van der Waals surface area contributed by atoms with Gasteiger partial charge in [-0.3, -0.25) is 9.59 Å². The van der Waals surface area contributed by atoms with Crippen LogP contribution in [0, 0.1) is 0 Å².